The number of carbonyl (C=O) groups is 6. The molecule has 0 aromatic heterocycles. The number of carbonyl (C=O) groups excluding carboxylic acids is 6. The minimum absolute atomic E-state index is 0. The molecule has 2 heterocycles. The van der Waals surface area contributed by atoms with Crippen LogP contribution in [0.1, 0.15) is 364 Å². The zero-order valence-electron chi connectivity index (χ0n) is 60.6. The lowest BCUT2D eigenvalue weighted by atomic mass is 9.47. The number of ether oxygens (including phenoxy) is 6. The van der Waals surface area contributed by atoms with E-state index in [9.17, 15) is 44.1 Å². The molecule has 14 rings (SSSR count). The molecule has 8 atom stereocenters. The first kappa shape index (κ1) is 105. The highest BCUT2D eigenvalue weighted by molar-refractivity contribution is 5.80. The summed E-state index contributed by atoms with van der Waals surface area (Å²) in [7, 11) is 0. The molecule has 0 spiro atoms. The van der Waals surface area contributed by atoms with Crippen molar-refractivity contribution in [3.63, 3.8) is 0 Å². The van der Waals surface area contributed by atoms with Gasteiger partial charge in [-0.25, -0.2) is 4.79 Å². The highest BCUT2D eigenvalue weighted by atomic mass is 16.6. The summed E-state index contributed by atoms with van der Waals surface area (Å²) in [4.78, 5) is 73.4. The van der Waals surface area contributed by atoms with Gasteiger partial charge in [0, 0.05) is 25.2 Å². The number of aromatic hydroxyl groups is 2. The third-order valence-corrected chi connectivity index (χ3v) is 25.0. The molecule has 0 radical (unpaired) electrons. The quantitative estimate of drug-likeness (QED) is 0.0607. The Labute approximate surface area is 632 Å². The molecule has 11 saturated carbocycles. The third kappa shape index (κ3) is 24.0. The van der Waals surface area contributed by atoms with E-state index >= 15 is 0 Å². The van der Waals surface area contributed by atoms with Crippen LogP contribution >= 0.6 is 0 Å². The number of aliphatic hydroxyl groups is 2. The number of fused-ring (bicyclic) bond motifs is 1. The summed E-state index contributed by atoms with van der Waals surface area (Å²) in [6.45, 7) is 36.0. The maximum Gasteiger partial charge on any atom is 0.344 e. The Morgan fingerprint density at radius 1 is 0.524 bits per heavy atom. The predicted octanol–water partition coefficient (Wildman–Crippen LogP) is 22.1. The van der Waals surface area contributed by atoms with E-state index in [2.05, 4.69) is 48.5 Å². The fourth-order valence-corrected chi connectivity index (χ4v) is 17.8. The summed E-state index contributed by atoms with van der Waals surface area (Å²) < 4.78 is 34.3. The van der Waals surface area contributed by atoms with Crippen molar-refractivity contribution in [3.8, 4) is 11.5 Å². The van der Waals surface area contributed by atoms with Crippen molar-refractivity contribution in [2.45, 2.75) is 399 Å². The Kier molecular flexibility index (Phi) is 41.4. The van der Waals surface area contributed by atoms with Gasteiger partial charge in [0.05, 0.1) is 38.8 Å². The first-order valence-electron chi connectivity index (χ1n) is 36.4. The molecule has 1 aromatic rings. The van der Waals surface area contributed by atoms with Gasteiger partial charge in [0.15, 0.2) is 18.1 Å². The van der Waals surface area contributed by atoms with Crippen LogP contribution in [0.15, 0.2) is 18.2 Å². The summed E-state index contributed by atoms with van der Waals surface area (Å²) in [6.07, 6.45) is 21.5. The van der Waals surface area contributed by atoms with Crippen LogP contribution in [0.5, 0.6) is 11.5 Å². The van der Waals surface area contributed by atoms with E-state index < -0.39 is 45.7 Å². The summed E-state index contributed by atoms with van der Waals surface area (Å²) in [6, 6.07) is 4.98. The molecular formula is C87H164O16. The van der Waals surface area contributed by atoms with Crippen molar-refractivity contribution in [3.05, 3.63) is 23.8 Å². The lowest BCUT2D eigenvalue weighted by Crippen LogP contribution is -2.67. The highest BCUT2D eigenvalue weighted by Gasteiger charge is 2.65. The number of hydrogen-bond acceptors (Lipinski definition) is 16. The number of phenols is 2. The van der Waals surface area contributed by atoms with E-state index in [0.29, 0.717) is 61.2 Å². The normalized spacial score (nSPS) is 30.2. The highest BCUT2D eigenvalue weighted by Crippen LogP contribution is 2.63. The molecule has 608 valence electrons. The monoisotopic (exact) mass is 1470 g/mol. The molecule has 8 unspecified atom stereocenters. The minimum Gasteiger partial charge on any atom is -0.504 e. The average Bonchev–Trinajstić information content (AvgIpc) is 1.34. The zero-order chi connectivity index (χ0) is 69.2. The lowest BCUT2D eigenvalue weighted by molar-refractivity contribution is -0.264. The van der Waals surface area contributed by atoms with Crippen molar-refractivity contribution in [1.29, 1.82) is 0 Å². The summed E-state index contributed by atoms with van der Waals surface area (Å²) in [5.41, 5.74) is -3.43. The van der Waals surface area contributed by atoms with E-state index in [1.807, 2.05) is 68.4 Å². The summed E-state index contributed by atoms with van der Waals surface area (Å²) in [5.74, 6) is 3.83. The van der Waals surface area contributed by atoms with Gasteiger partial charge in [-0.2, -0.15) is 0 Å². The standard InChI is InChI=1S/C19H32O2.C18H26O6.C16H26O4.C14H26O2.C10H14O2.10CH4/c1-6-18(4,5)17(20)21-19(12(2)3)15-8-13-7-14(10-15)11-16(19)9-13;1-4-18(2,3)17(21)22-9-14(19)24-15-11-5-10-6-12(8-11)16(20)23-13(15)7-10;1-4-13(2,3)12(17)20-16-7-11-5-14(18,9-16)8-15(19,6-11)10-16;1-6-13(4,5)12(15)16-14(11(2)3)9-7-8-10-14;1-3-7(2)8-4-5-9(11)10(12)6-8;;;;;;;;;;/h12-16H,6-11H2,1-5H3;10-13,15H,4-9H2,1-3H3;11,18-19H,4-10H2,1-3H3;11H,6-10H2,1-5H3;4-7,11-12H,3H2,1-2H3;10*1H4. The number of rotatable bonds is 18. The second-order valence-corrected chi connectivity index (χ2v) is 34.3. The Morgan fingerprint density at radius 2 is 0.971 bits per heavy atom. The van der Waals surface area contributed by atoms with Crippen molar-refractivity contribution < 1.29 is 77.6 Å². The lowest BCUT2D eigenvalue weighted by Gasteiger charge is -2.62. The predicted molar refractivity (Wildman–Crippen MR) is 424 cm³/mol. The average molecular weight is 1470 g/mol. The first-order chi connectivity index (χ1) is 43.2. The number of esters is 6. The van der Waals surface area contributed by atoms with Crippen molar-refractivity contribution >= 4 is 35.8 Å². The van der Waals surface area contributed by atoms with Gasteiger partial charge in [-0.3, -0.25) is 24.0 Å². The van der Waals surface area contributed by atoms with Crippen LogP contribution in [0.2, 0.25) is 0 Å². The van der Waals surface area contributed by atoms with Crippen molar-refractivity contribution in [1.82, 2.24) is 0 Å². The van der Waals surface area contributed by atoms with Gasteiger partial charge < -0.3 is 48.8 Å². The fourth-order valence-electron chi connectivity index (χ4n) is 17.8. The van der Waals surface area contributed by atoms with Gasteiger partial charge in [-0.15, -0.1) is 0 Å². The smallest absolute Gasteiger partial charge is 0.344 e. The van der Waals surface area contributed by atoms with Gasteiger partial charge >= 0.3 is 35.8 Å². The molecule has 16 nitrogen and oxygen atoms in total. The van der Waals surface area contributed by atoms with E-state index in [1.165, 1.54) is 51.0 Å². The van der Waals surface area contributed by atoms with E-state index in [1.54, 1.807) is 19.9 Å². The summed E-state index contributed by atoms with van der Waals surface area (Å²) in [5, 5.41) is 39.6. The van der Waals surface area contributed by atoms with Gasteiger partial charge in [-0.1, -0.05) is 150 Å². The Hall–Kier alpha value is -4.44. The molecule has 0 amide bonds. The van der Waals surface area contributed by atoms with Gasteiger partial charge in [0.2, 0.25) is 0 Å². The molecule has 103 heavy (non-hydrogen) atoms. The van der Waals surface area contributed by atoms with E-state index in [-0.39, 0.29) is 162 Å². The van der Waals surface area contributed by atoms with Crippen LogP contribution in [0.25, 0.3) is 0 Å². The molecule has 16 heteroatoms. The molecule has 12 bridgehead atoms. The first-order valence-corrected chi connectivity index (χ1v) is 36.4. The Balaban J connectivity index is -0.000000589. The molecule has 4 N–H and O–H groups in total. The van der Waals surface area contributed by atoms with E-state index in [0.717, 1.165) is 101 Å². The topological polar surface area (TPSA) is 239 Å². The Bertz CT molecular complexity index is 2720. The van der Waals surface area contributed by atoms with Crippen LogP contribution in [-0.2, 0) is 57.2 Å². The van der Waals surface area contributed by atoms with Crippen LogP contribution < -0.4 is 0 Å². The molecule has 1 aromatic carbocycles. The maximum absolute atomic E-state index is 12.8. The second-order valence-electron chi connectivity index (χ2n) is 34.3. The van der Waals surface area contributed by atoms with Crippen LogP contribution in [-0.4, -0.2) is 103 Å². The molecule has 2 aliphatic heterocycles. The molecule has 2 saturated heterocycles. The minimum atomic E-state index is -0.842. The largest absolute Gasteiger partial charge is 0.504 e. The molecule has 13 fully saturated rings. The number of benzene rings is 1. The molecule has 13 aliphatic rings. The van der Waals surface area contributed by atoms with Crippen LogP contribution in [0, 0.1) is 80.8 Å². The SMILES string of the molecule is C.C.C.C.C.C.C.C.C.C.CCC(C)(C)C(=O)OC1(C(C)C)C2CC3CC(C2)CC1C3.CCC(C)(C)C(=O)OC1(C(C)C)CCCC1.CCC(C)(C)C(=O)OC12CC3CC(O)(CC(O)(C3)C1)C2.CCC(C)(C)C(=O)OCC(=O)OC1C2CC3CC(C2)C(=O)OC1C3.CCC(C)c1ccc(O)c(O)c1. The number of phenolic OH excluding ortho intramolecular Hbond substituents is 2. The van der Waals surface area contributed by atoms with Gasteiger partial charge in [-0.05, 0) is 261 Å². The van der Waals surface area contributed by atoms with Gasteiger partial charge in [0.1, 0.15) is 29.0 Å². The Morgan fingerprint density at radius 3 is 1.40 bits per heavy atom. The molecular weight excluding hydrogens is 1300 g/mol. The zero-order valence-corrected chi connectivity index (χ0v) is 60.6. The van der Waals surface area contributed by atoms with Crippen molar-refractivity contribution in [2.24, 2.45) is 80.8 Å². The fraction of sp³-hybridized carbons (Fsp3) is 0.862. The molecule has 11 aliphatic carbocycles. The number of hydrogen-bond donors (Lipinski definition) is 4. The van der Waals surface area contributed by atoms with Crippen molar-refractivity contribution in [2.75, 3.05) is 6.61 Å². The van der Waals surface area contributed by atoms with Crippen LogP contribution in [0.3, 0.4) is 0 Å². The second kappa shape index (κ2) is 40.7. The van der Waals surface area contributed by atoms with Gasteiger partial charge in [0.25, 0.3) is 0 Å². The van der Waals surface area contributed by atoms with E-state index in [4.69, 9.17) is 33.5 Å². The third-order valence-electron chi connectivity index (χ3n) is 25.0. The summed E-state index contributed by atoms with van der Waals surface area (Å²) >= 11 is 0. The van der Waals surface area contributed by atoms with Crippen LogP contribution in [0.4, 0.5) is 0 Å². The maximum atomic E-state index is 12.8.